The number of hydrogen-bond donors (Lipinski definition) is 0. The Morgan fingerprint density at radius 1 is 1.21 bits per heavy atom. The van der Waals surface area contributed by atoms with Gasteiger partial charge in [0.1, 0.15) is 22.2 Å². The minimum atomic E-state index is -4.53. The van der Waals surface area contributed by atoms with Crippen molar-refractivity contribution in [2.24, 2.45) is 0 Å². The quantitative estimate of drug-likeness (QED) is 0.227. The van der Waals surface area contributed by atoms with Gasteiger partial charge in [0.05, 0.1) is 31.6 Å². The number of benzene rings is 1. The summed E-state index contributed by atoms with van der Waals surface area (Å²) >= 11 is 1.21. The van der Waals surface area contributed by atoms with Crippen LogP contribution in [0.5, 0.6) is 11.6 Å². The number of halogens is 3. The van der Waals surface area contributed by atoms with Gasteiger partial charge in [0.15, 0.2) is 0 Å². The first-order valence-corrected chi connectivity index (χ1v) is 9.03. The second kappa shape index (κ2) is 8.96. The standard InChI is InChI=1S/C18H17F3N2O4S/c1-10-22-15(27-12-7-5-6-11(8-12)18(19,20)21)14(16(23-10)28-4)13(9-25-2)17(24)26-3/h5-9H,1-4H3. The van der Waals surface area contributed by atoms with Gasteiger partial charge in [-0.25, -0.2) is 9.78 Å². The summed E-state index contributed by atoms with van der Waals surface area (Å²) in [5, 5.41) is 0.378. The molecule has 0 radical (unpaired) electrons. The van der Waals surface area contributed by atoms with Crippen molar-refractivity contribution in [2.45, 2.75) is 18.1 Å². The molecule has 0 bridgehead atoms. The number of rotatable bonds is 6. The van der Waals surface area contributed by atoms with Crippen molar-refractivity contribution >= 4 is 23.3 Å². The zero-order chi connectivity index (χ0) is 20.9. The number of methoxy groups -OCH3 is 2. The lowest BCUT2D eigenvalue weighted by Gasteiger charge is -2.16. The smallest absolute Gasteiger partial charge is 0.416 e. The molecule has 28 heavy (non-hydrogen) atoms. The average Bonchev–Trinajstić information content (AvgIpc) is 2.65. The van der Waals surface area contributed by atoms with Crippen molar-refractivity contribution < 1.29 is 32.2 Å². The number of ether oxygens (including phenoxy) is 3. The Morgan fingerprint density at radius 3 is 2.50 bits per heavy atom. The largest absolute Gasteiger partial charge is 0.503 e. The van der Waals surface area contributed by atoms with Crippen LogP contribution in [-0.2, 0) is 20.4 Å². The third-order valence-corrected chi connectivity index (χ3v) is 4.12. The number of carbonyl (C=O) groups excluding carboxylic acids is 1. The van der Waals surface area contributed by atoms with Gasteiger partial charge >= 0.3 is 12.1 Å². The lowest BCUT2D eigenvalue weighted by molar-refractivity contribution is -0.137. The van der Waals surface area contributed by atoms with E-state index in [0.29, 0.717) is 10.9 Å². The maximum Gasteiger partial charge on any atom is 0.416 e. The Balaban J connectivity index is 2.63. The molecule has 0 fully saturated rings. The van der Waals surface area contributed by atoms with Crippen molar-refractivity contribution in [2.75, 3.05) is 20.5 Å². The number of alkyl halides is 3. The summed E-state index contributed by atoms with van der Waals surface area (Å²) in [6.45, 7) is 1.60. The van der Waals surface area contributed by atoms with Gasteiger partial charge in [-0.15, -0.1) is 11.8 Å². The number of aryl methyl sites for hydroxylation is 1. The molecule has 10 heteroatoms. The van der Waals surface area contributed by atoms with E-state index in [-0.39, 0.29) is 22.8 Å². The highest BCUT2D eigenvalue weighted by Gasteiger charge is 2.31. The van der Waals surface area contributed by atoms with Crippen LogP contribution in [0.2, 0.25) is 0 Å². The predicted molar refractivity (Wildman–Crippen MR) is 97.1 cm³/mol. The maximum absolute atomic E-state index is 13.0. The molecule has 0 amide bonds. The van der Waals surface area contributed by atoms with Gasteiger partial charge in [-0.2, -0.15) is 18.2 Å². The summed E-state index contributed by atoms with van der Waals surface area (Å²) in [5.41, 5.74) is -0.747. The molecule has 2 rings (SSSR count). The number of aromatic nitrogens is 2. The zero-order valence-electron chi connectivity index (χ0n) is 15.5. The minimum absolute atomic E-state index is 0.0312. The van der Waals surface area contributed by atoms with Crippen LogP contribution in [0.3, 0.4) is 0 Å². The van der Waals surface area contributed by atoms with Gasteiger partial charge in [-0.1, -0.05) is 6.07 Å². The molecule has 0 saturated heterocycles. The molecular weight excluding hydrogens is 397 g/mol. The fraction of sp³-hybridized carbons (Fsp3) is 0.278. The van der Waals surface area contributed by atoms with E-state index in [2.05, 4.69) is 9.97 Å². The average molecular weight is 414 g/mol. The summed E-state index contributed by atoms with van der Waals surface area (Å²) in [6, 6.07) is 4.34. The van der Waals surface area contributed by atoms with Crippen LogP contribution in [0, 0.1) is 6.92 Å². The molecule has 0 aliphatic carbocycles. The predicted octanol–water partition coefficient (Wildman–Crippen LogP) is 4.48. The number of carbonyl (C=O) groups is 1. The van der Waals surface area contributed by atoms with Crippen molar-refractivity contribution in [1.82, 2.24) is 9.97 Å². The van der Waals surface area contributed by atoms with Gasteiger partial charge in [0.2, 0.25) is 5.88 Å². The molecule has 0 aliphatic rings. The molecular formula is C18H17F3N2O4S. The second-order valence-corrected chi connectivity index (χ2v) is 6.14. The Morgan fingerprint density at radius 2 is 1.93 bits per heavy atom. The van der Waals surface area contributed by atoms with Crippen LogP contribution in [0.15, 0.2) is 35.6 Å². The fourth-order valence-electron chi connectivity index (χ4n) is 2.26. The third kappa shape index (κ3) is 4.94. The molecule has 0 aliphatic heterocycles. The monoisotopic (exact) mass is 414 g/mol. The number of thioether (sulfide) groups is 1. The molecule has 1 aromatic carbocycles. The van der Waals surface area contributed by atoms with Gasteiger partial charge in [0, 0.05) is 0 Å². The van der Waals surface area contributed by atoms with Crippen molar-refractivity contribution in [3.05, 3.63) is 47.5 Å². The Bertz CT molecular complexity index is 901. The highest BCUT2D eigenvalue weighted by atomic mass is 32.2. The number of esters is 1. The lowest BCUT2D eigenvalue weighted by Crippen LogP contribution is -2.10. The molecule has 150 valence electrons. The summed E-state index contributed by atoms with van der Waals surface area (Å²) in [7, 11) is 2.52. The summed E-state index contributed by atoms with van der Waals surface area (Å²) < 4.78 is 54.3. The van der Waals surface area contributed by atoms with E-state index >= 15 is 0 Å². The minimum Gasteiger partial charge on any atom is -0.503 e. The van der Waals surface area contributed by atoms with E-state index in [4.69, 9.17) is 14.2 Å². The second-order valence-electron chi connectivity index (χ2n) is 5.35. The van der Waals surface area contributed by atoms with Gasteiger partial charge in [0.25, 0.3) is 0 Å². The SMILES string of the molecule is COC=C(C(=O)OC)c1c(Oc2cccc(C(F)(F)F)c2)nc(C)nc1SC. The van der Waals surface area contributed by atoms with E-state index < -0.39 is 17.7 Å². The van der Waals surface area contributed by atoms with Crippen LogP contribution in [0.1, 0.15) is 17.0 Å². The highest BCUT2D eigenvalue weighted by Crippen LogP contribution is 2.37. The third-order valence-electron chi connectivity index (χ3n) is 3.43. The summed E-state index contributed by atoms with van der Waals surface area (Å²) in [4.78, 5) is 20.6. The first kappa shape index (κ1) is 21.5. The Hall–Kier alpha value is -2.75. The first-order valence-electron chi connectivity index (χ1n) is 7.80. The molecule has 0 saturated carbocycles. The summed E-state index contributed by atoms with van der Waals surface area (Å²) in [6.07, 6.45) is -1.67. The molecule has 1 aromatic heterocycles. The fourth-order valence-corrected chi connectivity index (χ4v) is 2.88. The van der Waals surface area contributed by atoms with E-state index in [1.54, 1.807) is 13.2 Å². The zero-order valence-corrected chi connectivity index (χ0v) is 16.3. The molecule has 0 atom stereocenters. The normalized spacial score (nSPS) is 11.9. The van der Waals surface area contributed by atoms with E-state index in [0.717, 1.165) is 18.4 Å². The molecule has 1 heterocycles. The Labute approximate surface area is 163 Å². The lowest BCUT2D eigenvalue weighted by atomic mass is 10.1. The van der Waals surface area contributed by atoms with Crippen molar-refractivity contribution in [3.8, 4) is 11.6 Å². The molecule has 0 unspecified atom stereocenters. The van der Waals surface area contributed by atoms with E-state index in [9.17, 15) is 18.0 Å². The van der Waals surface area contributed by atoms with Crippen LogP contribution < -0.4 is 4.74 Å². The molecule has 0 N–H and O–H groups in total. The van der Waals surface area contributed by atoms with Crippen molar-refractivity contribution in [3.63, 3.8) is 0 Å². The Kier molecular flexibility index (Phi) is 6.90. The highest BCUT2D eigenvalue weighted by molar-refractivity contribution is 7.98. The molecule has 2 aromatic rings. The van der Waals surface area contributed by atoms with E-state index in [1.165, 1.54) is 38.1 Å². The van der Waals surface area contributed by atoms with Crippen molar-refractivity contribution in [1.29, 1.82) is 0 Å². The van der Waals surface area contributed by atoms with E-state index in [1.807, 2.05) is 0 Å². The van der Waals surface area contributed by atoms with Crippen LogP contribution in [-0.4, -0.2) is 36.4 Å². The first-order chi connectivity index (χ1) is 13.2. The van der Waals surface area contributed by atoms with Gasteiger partial charge < -0.3 is 14.2 Å². The van der Waals surface area contributed by atoms with Gasteiger partial charge in [-0.3, -0.25) is 0 Å². The molecule has 6 nitrogen and oxygen atoms in total. The number of hydrogen-bond acceptors (Lipinski definition) is 7. The maximum atomic E-state index is 13.0. The van der Waals surface area contributed by atoms with Crippen LogP contribution in [0.25, 0.3) is 5.57 Å². The topological polar surface area (TPSA) is 70.5 Å². The van der Waals surface area contributed by atoms with Crippen LogP contribution >= 0.6 is 11.8 Å². The van der Waals surface area contributed by atoms with Gasteiger partial charge in [-0.05, 0) is 31.4 Å². The summed E-state index contributed by atoms with van der Waals surface area (Å²) in [5.74, 6) is -0.608. The van der Waals surface area contributed by atoms with Crippen LogP contribution in [0.4, 0.5) is 13.2 Å². The number of nitrogens with zero attached hydrogens (tertiary/aromatic N) is 2. The molecule has 0 spiro atoms.